The number of hydrogen-bond acceptors (Lipinski definition) is 7. The largest absolute Gasteiger partial charge is 0.489 e. The normalized spacial score (nSPS) is 10.4. The summed E-state index contributed by atoms with van der Waals surface area (Å²) in [5, 5.41) is 46.2. The Labute approximate surface area is 207 Å². The molecule has 12 heteroatoms. The van der Waals surface area contributed by atoms with Crippen LogP contribution in [0.1, 0.15) is 62.9 Å². The van der Waals surface area contributed by atoms with Crippen LogP contribution in [0.5, 0.6) is 11.5 Å². The highest BCUT2D eigenvalue weighted by atomic mass is 16.5. The maximum Gasteiger partial charge on any atom is 0.335 e. The third kappa shape index (κ3) is 6.82. The zero-order chi connectivity index (χ0) is 27.3. The molecule has 0 saturated carbocycles. The van der Waals surface area contributed by atoms with Crippen molar-refractivity contribution in [3.63, 3.8) is 0 Å². The van der Waals surface area contributed by atoms with Gasteiger partial charge >= 0.3 is 29.8 Å². The number of benzene rings is 3. The van der Waals surface area contributed by atoms with Crippen molar-refractivity contribution in [1.82, 2.24) is 0 Å². The Kier molecular flexibility index (Phi) is 7.73. The third-order valence-electron chi connectivity index (χ3n) is 4.91. The van der Waals surface area contributed by atoms with Crippen LogP contribution in [0.4, 0.5) is 0 Å². The summed E-state index contributed by atoms with van der Waals surface area (Å²) in [6, 6.07) is 10.5. The van der Waals surface area contributed by atoms with Crippen molar-refractivity contribution in [2.24, 2.45) is 0 Å². The highest BCUT2D eigenvalue weighted by Crippen LogP contribution is 2.22. The minimum absolute atomic E-state index is 0.0671. The first-order chi connectivity index (χ1) is 17.4. The molecule has 0 amide bonds. The first kappa shape index (κ1) is 26.2. The van der Waals surface area contributed by atoms with E-state index in [-0.39, 0.29) is 52.5 Å². The van der Waals surface area contributed by atoms with Crippen LogP contribution >= 0.6 is 0 Å². The summed E-state index contributed by atoms with van der Waals surface area (Å²) >= 11 is 0. The number of carboxylic acid groups (broad SMARTS) is 5. The number of hydrogen-bond donors (Lipinski definition) is 5. The van der Waals surface area contributed by atoms with E-state index >= 15 is 0 Å². The van der Waals surface area contributed by atoms with Gasteiger partial charge in [0.15, 0.2) is 0 Å². The molecule has 0 aliphatic rings. The molecule has 0 heterocycles. The fraction of sp³-hybridized carbons (Fsp3) is 0.0800. The van der Waals surface area contributed by atoms with Gasteiger partial charge in [0.1, 0.15) is 24.7 Å². The van der Waals surface area contributed by atoms with Crippen molar-refractivity contribution in [2.75, 3.05) is 0 Å². The second kappa shape index (κ2) is 10.9. The monoisotopic (exact) mass is 510 g/mol. The summed E-state index contributed by atoms with van der Waals surface area (Å²) < 4.78 is 11.0. The van der Waals surface area contributed by atoms with Crippen molar-refractivity contribution in [1.29, 1.82) is 0 Å². The Morgan fingerprint density at radius 2 is 0.703 bits per heavy atom. The first-order valence-corrected chi connectivity index (χ1v) is 10.3. The number of ether oxygens (including phenoxy) is 2. The molecule has 0 saturated heterocycles. The van der Waals surface area contributed by atoms with Crippen LogP contribution in [0.25, 0.3) is 0 Å². The second-order valence-electron chi connectivity index (χ2n) is 7.63. The van der Waals surface area contributed by atoms with Crippen molar-refractivity contribution >= 4 is 29.8 Å². The van der Waals surface area contributed by atoms with Gasteiger partial charge < -0.3 is 35.0 Å². The van der Waals surface area contributed by atoms with Crippen LogP contribution in [-0.2, 0) is 13.2 Å². The van der Waals surface area contributed by atoms with Crippen LogP contribution in [0.2, 0.25) is 0 Å². The maximum atomic E-state index is 11.6. The first-order valence-electron chi connectivity index (χ1n) is 10.3. The van der Waals surface area contributed by atoms with E-state index in [2.05, 4.69) is 0 Å². The van der Waals surface area contributed by atoms with Crippen LogP contribution < -0.4 is 9.47 Å². The average molecular weight is 510 g/mol. The minimum atomic E-state index is -1.36. The summed E-state index contributed by atoms with van der Waals surface area (Å²) in [6.45, 7) is -0.512. The van der Waals surface area contributed by atoms with E-state index in [0.29, 0.717) is 11.1 Å². The lowest BCUT2D eigenvalue weighted by Crippen LogP contribution is -2.07. The van der Waals surface area contributed by atoms with Crippen LogP contribution in [0, 0.1) is 0 Å². The predicted molar refractivity (Wildman–Crippen MR) is 123 cm³/mol. The molecule has 0 radical (unpaired) electrons. The van der Waals surface area contributed by atoms with Gasteiger partial charge in [-0.25, -0.2) is 24.0 Å². The Balaban J connectivity index is 1.85. The summed E-state index contributed by atoms with van der Waals surface area (Å²) in [7, 11) is 0. The van der Waals surface area contributed by atoms with Crippen molar-refractivity contribution in [3.8, 4) is 11.5 Å². The van der Waals surface area contributed by atoms with E-state index < -0.39 is 29.8 Å². The summed E-state index contributed by atoms with van der Waals surface area (Å²) in [5.74, 6) is -6.86. The van der Waals surface area contributed by atoms with E-state index in [1.165, 1.54) is 18.2 Å². The van der Waals surface area contributed by atoms with Gasteiger partial charge in [-0.3, -0.25) is 0 Å². The molecule has 0 aliphatic carbocycles. The molecule has 0 bridgehead atoms. The lowest BCUT2D eigenvalue weighted by atomic mass is 10.1. The van der Waals surface area contributed by atoms with E-state index in [0.717, 1.165) is 36.4 Å². The van der Waals surface area contributed by atoms with E-state index in [4.69, 9.17) is 9.47 Å². The molecule has 12 nitrogen and oxygen atoms in total. The molecule has 3 aromatic carbocycles. The lowest BCUT2D eigenvalue weighted by molar-refractivity contribution is 0.0675. The van der Waals surface area contributed by atoms with Gasteiger partial charge in [-0.15, -0.1) is 0 Å². The molecule has 3 rings (SSSR count). The molecular formula is C25H18O12. The van der Waals surface area contributed by atoms with Gasteiger partial charge in [-0.05, 0) is 65.7 Å². The van der Waals surface area contributed by atoms with Gasteiger partial charge in [0.25, 0.3) is 0 Å². The van der Waals surface area contributed by atoms with E-state index in [1.54, 1.807) is 0 Å². The molecule has 0 fully saturated rings. The Morgan fingerprint density at radius 1 is 0.432 bits per heavy atom. The summed E-state index contributed by atoms with van der Waals surface area (Å²) in [6.07, 6.45) is 0. The fourth-order valence-electron chi connectivity index (χ4n) is 3.24. The van der Waals surface area contributed by atoms with Crippen molar-refractivity contribution < 1.29 is 59.0 Å². The molecule has 3 aromatic rings. The predicted octanol–water partition coefficient (Wildman–Crippen LogP) is 3.34. The van der Waals surface area contributed by atoms with Gasteiger partial charge in [-0.2, -0.15) is 0 Å². The average Bonchev–Trinajstić information content (AvgIpc) is 2.85. The van der Waals surface area contributed by atoms with Gasteiger partial charge in [0, 0.05) is 0 Å². The molecule has 0 spiro atoms. The Bertz CT molecular complexity index is 1260. The SMILES string of the molecule is O=C(O)c1cc(COc2cc(C(=O)O)cc(C(=O)O)c2)cc(COc2cc(C(=O)O)cc(C(=O)O)c2)c1. The third-order valence-corrected chi connectivity index (χ3v) is 4.91. The van der Waals surface area contributed by atoms with Gasteiger partial charge in [-0.1, -0.05) is 0 Å². The molecule has 0 unspecified atom stereocenters. The molecular weight excluding hydrogens is 492 g/mol. The number of carbonyl (C=O) groups is 5. The van der Waals surface area contributed by atoms with Crippen LogP contribution in [-0.4, -0.2) is 55.4 Å². The fourth-order valence-corrected chi connectivity index (χ4v) is 3.24. The summed E-state index contributed by atoms with van der Waals surface area (Å²) in [5.41, 5.74) is -0.751. The zero-order valence-electron chi connectivity index (χ0n) is 18.7. The second-order valence-corrected chi connectivity index (χ2v) is 7.63. The van der Waals surface area contributed by atoms with E-state index in [9.17, 15) is 49.5 Å². The summed E-state index contributed by atoms with van der Waals surface area (Å²) in [4.78, 5) is 56.7. The molecule has 37 heavy (non-hydrogen) atoms. The molecule has 5 N–H and O–H groups in total. The topological polar surface area (TPSA) is 205 Å². The van der Waals surface area contributed by atoms with Gasteiger partial charge in [0.2, 0.25) is 0 Å². The smallest absolute Gasteiger partial charge is 0.335 e. The number of aromatic carboxylic acids is 5. The standard InChI is InChI=1S/C25H18O12/c26-21(27)14-2-12(10-36-19-6-15(22(28)29)4-16(7-19)23(30)31)1-13(3-14)11-37-20-8-17(24(32)33)5-18(9-20)25(34)35/h1-9H,10-11H2,(H,26,27)(H,28,29)(H,30,31)(H,32,33)(H,34,35). The Morgan fingerprint density at radius 3 is 0.973 bits per heavy atom. The van der Waals surface area contributed by atoms with Crippen molar-refractivity contribution in [2.45, 2.75) is 13.2 Å². The molecule has 190 valence electrons. The molecule has 0 aromatic heterocycles. The number of carboxylic acids is 5. The zero-order valence-corrected chi connectivity index (χ0v) is 18.7. The lowest BCUT2D eigenvalue weighted by Gasteiger charge is -2.12. The maximum absolute atomic E-state index is 11.6. The molecule has 0 aliphatic heterocycles. The Hall–Kier alpha value is -5.39. The molecule has 0 atom stereocenters. The minimum Gasteiger partial charge on any atom is -0.489 e. The van der Waals surface area contributed by atoms with Crippen molar-refractivity contribution in [3.05, 3.63) is 93.5 Å². The highest BCUT2D eigenvalue weighted by Gasteiger charge is 2.15. The number of rotatable bonds is 11. The van der Waals surface area contributed by atoms with Crippen LogP contribution in [0.3, 0.4) is 0 Å². The highest BCUT2D eigenvalue weighted by molar-refractivity contribution is 5.95. The van der Waals surface area contributed by atoms with E-state index in [1.807, 2.05) is 0 Å². The quantitative estimate of drug-likeness (QED) is 0.252. The van der Waals surface area contributed by atoms with Gasteiger partial charge in [0.05, 0.1) is 27.8 Å². The van der Waals surface area contributed by atoms with Crippen LogP contribution in [0.15, 0.2) is 54.6 Å².